The van der Waals surface area contributed by atoms with Gasteiger partial charge in [0.25, 0.3) is 0 Å². The highest BCUT2D eigenvalue weighted by Gasteiger charge is 2.23. The summed E-state index contributed by atoms with van der Waals surface area (Å²) in [5.41, 5.74) is 0. The van der Waals surface area contributed by atoms with Gasteiger partial charge in [-0.25, -0.2) is 8.42 Å². The zero-order chi connectivity index (χ0) is 9.03. The largest absolute Gasteiger partial charge is 0.395 e. The molecule has 0 aromatic carbocycles. The average Bonchev–Trinajstić information content (AvgIpc) is 2.06. The molecule has 12 heavy (non-hydrogen) atoms. The van der Waals surface area contributed by atoms with Crippen molar-refractivity contribution in [1.82, 2.24) is 4.31 Å². The molecule has 1 fully saturated rings. The van der Waals surface area contributed by atoms with Gasteiger partial charge in [0, 0.05) is 13.1 Å². The molecular formula is C6H13NO4S. The van der Waals surface area contributed by atoms with Crippen LogP contribution < -0.4 is 0 Å². The minimum absolute atomic E-state index is 0.188. The average molecular weight is 195 g/mol. The van der Waals surface area contributed by atoms with E-state index in [1.165, 1.54) is 4.31 Å². The van der Waals surface area contributed by atoms with E-state index in [9.17, 15) is 8.42 Å². The highest BCUT2D eigenvalue weighted by molar-refractivity contribution is 7.89. The van der Waals surface area contributed by atoms with Crippen LogP contribution in [0.15, 0.2) is 0 Å². The van der Waals surface area contributed by atoms with Crippen LogP contribution in [0.5, 0.6) is 0 Å². The standard InChI is InChI=1S/C6H13NO4S/c8-3-6-12(9,10)7-1-4-11-5-2-7/h8H,1-6H2. The van der Waals surface area contributed by atoms with E-state index in [0.29, 0.717) is 26.3 Å². The minimum atomic E-state index is -3.23. The topological polar surface area (TPSA) is 66.8 Å². The van der Waals surface area contributed by atoms with E-state index < -0.39 is 10.0 Å². The molecule has 0 bridgehead atoms. The third-order valence-electron chi connectivity index (χ3n) is 1.71. The molecule has 0 unspecified atom stereocenters. The fourth-order valence-corrected chi connectivity index (χ4v) is 2.26. The Morgan fingerprint density at radius 3 is 2.42 bits per heavy atom. The summed E-state index contributed by atoms with van der Waals surface area (Å²) >= 11 is 0. The minimum Gasteiger partial charge on any atom is -0.395 e. The normalized spacial score (nSPS) is 21.1. The van der Waals surface area contributed by atoms with Gasteiger partial charge in [-0.2, -0.15) is 4.31 Å². The van der Waals surface area contributed by atoms with Gasteiger partial charge in [-0.05, 0) is 0 Å². The molecule has 0 spiro atoms. The van der Waals surface area contributed by atoms with E-state index in [2.05, 4.69) is 0 Å². The molecule has 72 valence electrons. The SMILES string of the molecule is O=S(=O)(CCO)N1CCOCC1. The molecule has 0 aliphatic carbocycles. The molecule has 1 heterocycles. The number of aliphatic hydroxyl groups is 1. The van der Waals surface area contributed by atoms with E-state index in [4.69, 9.17) is 9.84 Å². The van der Waals surface area contributed by atoms with Crippen LogP contribution in [0.4, 0.5) is 0 Å². The summed E-state index contributed by atoms with van der Waals surface area (Å²) in [7, 11) is -3.23. The van der Waals surface area contributed by atoms with Gasteiger partial charge in [0.2, 0.25) is 10.0 Å². The number of hydrogen-bond donors (Lipinski definition) is 1. The van der Waals surface area contributed by atoms with Crippen molar-refractivity contribution in [2.75, 3.05) is 38.7 Å². The maximum absolute atomic E-state index is 11.3. The summed E-state index contributed by atoms with van der Waals surface area (Å²) in [5, 5.41) is 8.50. The Bertz CT molecular complexity index is 220. The monoisotopic (exact) mass is 195 g/mol. The summed E-state index contributed by atoms with van der Waals surface area (Å²) < 4.78 is 29.0. The Labute approximate surface area is 72.0 Å². The van der Waals surface area contributed by atoms with E-state index in [0.717, 1.165) is 0 Å². The molecule has 1 rings (SSSR count). The number of aliphatic hydroxyl groups excluding tert-OH is 1. The van der Waals surface area contributed by atoms with Gasteiger partial charge >= 0.3 is 0 Å². The fourth-order valence-electron chi connectivity index (χ4n) is 1.07. The zero-order valence-corrected chi connectivity index (χ0v) is 7.59. The quantitative estimate of drug-likeness (QED) is 0.604. The predicted molar refractivity (Wildman–Crippen MR) is 43.3 cm³/mol. The lowest BCUT2D eigenvalue weighted by molar-refractivity contribution is 0.0728. The van der Waals surface area contributed by atoms with Crippen molar-refractivity contribution in [2.24, 2.45) is 0 Å². The molecule has 1 aliphatic heterocycles. The maximum atomic E-state index is 11.3. The van der Waals surface area contributed by atoms with Gasteiger partial charge in [-0.1, -0.05) is 0 Å². The van der Waals surface area contributed by atoms with Gasteiger partial charge in [-0.3, -0.25) is 0 Å². The summed E-state index contributed by atoms with van der Waals surface area (Å²) in [6, 6.07) is 0. The van der Waals surface area contributed by atoms with Gasteiger partial charge in [-0.15, -0.1) is 0 Å². The van der Waals surface area contributed by atoms with E-state index in [1.54, 1.807) is 0 Å². The number of rotatable bonds is 3. The van der Waals surface area contributed by atoms with Gasteiger partial charge < -0.3 is 9.84 Å². The molecule has 1 N–H and O–H groups in total. The van der Waals surface area contributed by atoms with Crippen molar-refractivity contribution in [2.45, 2.75) is 0 Å². The molecule has 5 nitrogen and oxygen atoms in total. The Hall–Kier alpha value is -0.170. The highest BCUT2D eigenvalue weighted by atomic mass is 32.2. The number of nitrogens with zero attached hydrogens (tertiary/aromatic N) is 1. The second kappa shape index (κ2) is 4.18. The molecule has 0 radical (unpaired) electrons. The van der Waals surface area contributed by atoms with Crippen molar-refractivity contribution in [3.05, 3.63) is 0 Å². The van der Waals surface area contributed by atoms with Gasteiger partial charge in [0.15, 0.2) is 0 Å². The van der Waals surface area contributed by atoms with Crippen molar-refractivity contribution in [3.8, 4) is 0 Å². The van der Waals surface area contributed by atoms with Crippen molar-refractivity contribution >= 4 is 10.0 Å². The van der Waals surface area contributed by atoms with Gasteiger partial charge in [0.05, 0.1) is 25.6 Å². The predicted octanol–water partition coefficient (Wildman–Crippen LogP) is -1.36. The lowest BCUT2D eigenvalue weighted by Gasteiger charge is -2.25. The molecule has 0 aromatic heterocycles. The Balaban J connectivity index is 2.54. The Morgan fingerprint density at radius 2 is 1.92 bits per heavy atom. The molecule has 1 saturated heterocycles. The fraction of sp³-hybridized carbons (Fsp3) is 1.00. The Kier molecular flexibility index (Phi) is 3.45. The van der Waals surface area contributed by atoms with Crippen molar-refractivity contribution in [1.29, 1.82) is 0 Å². The molecule has 0 aromatic rings. The third kappa shape index (κ3) is 2.41. The molecular weight excluding hydrogens is 182 g/mol. The van der Waals surface area contributed by atoms with E-state index in [-0.39, 0.29) is 12.4 Å². The molecule has 0 amide bonds. The van der Waals surface area contributed by atoms with Crippen LogP contribution in [-0.4, -0.2) is 56.5 Å². The van der Waals surface area contributed by atoms with E-state index >= 15 is 0 Å². The lowest BCUT2D eigenvalue weighted by atomic mass is 10.5. The maximum Gasteiger partial charge on any atom is 0.216 e. The third-order valence-corrected chi connectivity index (χ3v) is 3.56. The molecule has 1 aliphatic rings. The number of morpholine rings is 1. The first-order valence-corrected chi connectivity index (χ1v) is 5.44. The summed E-state index contributed by atoms with van der Waals surface area (Å²) in [5.74, 6) is -0.188. The van der Waals surface area contributed by atoms with Crippen LogP contribution in [0.25, 0.3) is 0 Å². The van der Waals surface area contributed by atoms with Crippen LogP contribution >= 0.6 is 0 Å². The van der Waals surface area contributed by atoms with Crippen LogP contribution in [0.1, 0.15) is 0 Å². The van der Waals surface area contributed by atoms with Crippen molar-refractivity contribution in [3.63, 3.8) is 0 Å². The Morgan fingerprint density at radius 1 is 1.33 bits per heavy atom. The molecule has 0 saturated carbocycles. The van der Waals surface area contributed by atoms with E-state index in [1.807, 2.05) is 0 Å². The first-order chi connectivity index (χ1) is 5.67. The first kappa shape index (κ1) is 9.91. The summed E-state index contributed by atoms with van der Waals surface area (Å²) in [4.78, 5) is 0. The smallest absolute Gasteiger partial charge is 0.216 e. The van der Waals surface area contributed by atoms with Crippen LogP contribution in [0, 0.1) is 0 Å². The molecule has 0 atom stereocenters. The summed E-state index contributed by atoms with van der Waals surface area (Å²) in [6.45, 7) is 1.39. The second-order valence-electron chi connectivity index (χ2n) is 2.55. The highest BCUT2D eigenvalue weighted by Crippen LogP contribution is 2.04. The van der Waals surface area contributed by atoms with Crippen LogP contribution in [-0.2, 0) is 14.8 Å². The number of sulfonamides is 1. The van der Waals surface area contributed by atoms with Gasteiger partial charge in [0.1, 0.15) is 0 Å². The first-order valence-electron chi connectivity index (χ1n) is 3.83. The summed E-state index contributed by atoms with van der Waals surface area (Å²) in [6.07, 6.45) is 0. The zero-order valence-electron chi connectivity index (χ0n) is 6.77. The van der Waals surface area contributed by atoms with Crippen LogP contribution in [0.3, 0.4) is 0 Å². The van der Waals surface area contributed by atoms with Crippen molar-refractivity contribution < 1.29 is 18.3 Å². The van der Waals surface area contributed by atoms with Crippen LogP contribution in [0.2, 0.25) is 0 Å². The lowest BCUT2D eigenvalue weighted by Crippen LogP contribution is -2.42. The second-order valence-corrected chi connectivity index (χ2v) is 4.64. The number of ether oxygens (including phenoxy) is 1. The number of hydrogen-bond acceptors (Lipinski definition) is 4. The molecule has 6 heteroatoms.